The van der Waals surface area contributed by atoms with Crippen LogP contribution < -0.4 is 0 Å². The Hall–Kier alpha value is -1.85. The molecule has 0 N–H and O–H groups in total. The first-order valence-corrected chi connectivity index (χ1v) is 5.64. The molecule has 1 heterocycles. The predicted molar refractivity (Wildman–Crippen MR) is 68.9 cm³/mol. The highest BCUT2D eigenvalue weighted by molar-refractivity contribution is 6.30. The molecule has 3 heteroatoms. The number of aromatic nitrogens is 1. The highest BCUT2D eigenvalue weighted by atomic mass is 35.5. The van der Waals surface area contributed by atoms with E-state index in [1.54, 1.807) is 6.07 Å². The minimum absolute atomic E-state index is 0.253. The molecule has 1 aromatic carbocycles. The summed E-state index contributed by atoms with van der Waals surface area (Å²) in [6, 6.07) is 11.6. The van der Waals surface area contributed by atoms with Gasteiger partial charge in [-0.2, -0.15) is 5.26 Å². The average molecular weight is 243 g/mol. The Morgan fingerprint density at radius 2 is 1.88 bits per heavy atom. The lowest BCUT2D eigenvalue weighted by Gasteiger charge is -2.05. The van der Waals surface area contributed by atoms with Crippen LogP contribution in [0, 0.1) is 25.2 Å². The number of hydrogen-bond donors (Lipinski definition) is 0. The van der Waals surface area contributed by atoms with Crippen LogP contribution in [0.25, 0.3) is 11.3 Å². The first-order chi connectivity index (χ1) is 8.11. The van der Waals surface area contributed by atoms with Crippen molar-refractivity contribution >= 4 is 11.6 Å². The number of hydrogen-bond acceptors (Lipinski definition) is 2. The molecule has 2 nitrogen and oxygen atoms in total. The minimum Gasteiger partial charge on any atom is -0.235 e. The molecule has 0 saturated carbocycles. The van der Waals surface area contributed by atoms with E-state index in [1.165, 1.54) is 11.1 Å². The molecule has 2 rings (SSSR count). The smallest absolute Gasteiger partial charge is 0.147 e. The van der Waals surface area contributed by atoms with Crippen molar-refractivity contribution in [1.29, 1.82) is 5.26 Å². The molecule has 0 bridgehead atoms. The van der Waals surface area contributed by atoms with Gasteiger partial charge in [0.15, 0.2) is 0 Å². The van der Waals surface area contributed by atoms with E-state index < -0.39 is 0 Å². The number of benzene rings is 1. The van der Waals surface area contributed by atoms with Crippen LogP contribution in [0.2, 0.25) is 5.15 Å². The van der Waals surface area contributed by atoms with Gasteiger partial charge in [0.2, 0.25) is 0 Å². The zero-order valence-corrected chi connectivity index (χ0v) is 10.4. The Bertz CT molecular complexity index is 612. The first-order valence-electron chi connectivity index (χ1n) is 5.26. The highest BCUT2D eigenvalue weighted by Crippen LogP contribution is 2.23. The van der Waals surface area contributed by atoms with E-state index in [0.717, 1.165) is 11.3 Å². The Morgan fingerprint density at radius 3 is 2.47 bits per heavy atom. The lowest BCUT2D eigenvalue weighted by molar-refractivity contribution is 1.28. The summed E-state index contributed by atoms with van der Waals surface area (Å²) in [4.78, 5) is 4.23. The van der Waals surface area contributed by atoms with E-state index in [1.807, 2.05) is 18.2 Å². The van der Waals surface area contributed by atoms with E-state index in [0.29, 0.717) is 5.56 Å². The third-order valence-corrected chi connectivity index (χ3v) is 3.06. The highest BCUT2D eigenvalue weighted by Gasteiger charge is 2.05. The van der Waals surface area contributed by atoms with E-state index in [-0.39, 0.29) is 5.15 Å². The van der Waals surface area contributed by atoms with Gasteiger partial charge in [-0.15, -0.1) is 0 Å². The monoisotopic (exact) mass is 242 g/mol. The normalized spacial score (nSPS) is 10.0. The summed E-state index contributed by atoms with van der Waals surface area (Å²) in [6.07, 6.45) is 0. The van der Waals surface area contributed by atoms with E-state index in [4.69, 9.17) is 16.9 Å². The van der Waals surface area contributed by atoms with Gasteiger partial charge in [0.25, 0.3) is 0 Å². The van der Waals surface area contributed by atoms with Gasteiger partial charge in [0.05, 0.1) is 11.3 Å². The van der Waals surface area contributed by atoms with Gasteiger partial charge in [0.1, 0.15) is 11.2 Å². The summed E-state index contributed by atoms with van der Waals surface area (Å²) in [6.45, 7) is 4.13. The fourth-order valence-electron chi connectivity index (χ4n) is 1.58. The van der Waals surface area contributed by atoms with Crippen LogP contribution >= 0.6 is 11.6 Å². The van der Waals surface area contributed by atoms with Crippen LogP contribution in [0.4, 0.5) is 0 Å². The zero-order chi connectivity index (χ0) is 12.4. The average Bonchev–Trinajstić information content (AvgIpc) is 2.32. The number of aryl methyl sites for hydroxylation is 2. The topological polar surface area (TPSA) is 36.7 Å². The van der Waals surface area contributed by atoms with Crippen molar-refractivity contribution in [3.05, 3.63) is 52.2 Å². The van der Waals surface area contributed by atoms with Gasteiger partial charge in [-0.1, -0.05) is 23.7 Å². The van der Waals surface area contributed by atoms with Gasteiger partial charge >= 0.3 is 0 Å². The maximum absolute atomic E-state index is 8.79. The molecule has 0 unspecified atom stereocenters. The summed E-state index contributed by atoms with van der Waals surface area (Å²) in [5, 5.41) is 9.04. The molecule has 0 saturated heterocycles. The number of nitriles is 1. The molecule has 0 spiro atoms. The van der Waals surface area contributed by atoms with Crippen molar-refractivity contribution in [3.8, 4) is 17.3 Å². The molecular weight excluding hydrogens is 232 g/mol. The van der Waals surface area contributed by atoms with Gasteiger partial charge in [-0.05, 0) is 43.2 Å². The van der Waals surface area contributed by atoms with Crippen molar-refractivity contribution in [2.75, 3.05) is 0 Å². The Labute approximate surface area is 105 Å². The van der Waals surface area contributed by atoms with Crippen molar-refractivity contribution in [3.63, 3.8) is 0 Å². The van der Waals surface area contributed by atoms with Crippen LogP contribution in [-0.4, -0.2) is 4.98 Å². The van der Waals surface area contributed by atoms with Crippen LogP contribution in [0.3, 0.4) is 0 Å². The second kappa shape index (κ2) is 4.57. The second-order valence-corrected chi connectivity index (χ2v) is 4.30. The fraction of sp³-hybridized carbons (Fsp3) is 0.143. The first kappa shape index (κ1) is 11.6. The number of rotatable bonds is 1. The lowest BCUT2D eigenvalue weighted by atomic mass is 10.0. The van der Waals surface area contributed by atoms with Crippen LogP contribution in [0.5, 0.6) is 0 Å². The quantitative estimate of drug-likeness (QED) is 0.712. The van der Waals surface area contributed by atoms with E-state index in [2.05, 4.69) is 31.0 Å². The summed E-state index contributed by atoms with van der Waals surface area (Å²) in [7, 11) is 0. The summed E-state index contributed by atoms with van der Waals surface area (Å²) in [5.41, 5.74) is 4.66. The standard InChI is InChI=1S/C14H11ClN2/c1-9-3-4-11(7-10(9)2)13-6-5-12(8-16)14(15)17-13/h3-7H,1-2H3. The minimum atomic E-state index is 0.253. The molecule has 0 amide bonds. The third-order valence-electron chi connectivity index (χ3n) is 2.77. The van der Waals surface area contributed by atoms with Gasteiger partial charge in [0, 0.05) is 5.56 Å². The molecule has 84 valence electrons. The molecule has 0 aliphatic rings. The van der Waals surface area contributed by atoms with Crippen molar-refractivity contribution in [2.24, 2.45) is 0 Å². The SMILES string of the molecule is Cc1ccc(-c2ccc(C#N)c(Cl)n2)cc1C. The molecule has 1 aromatic heterocycles. The zero-order valence-electron chi connectivity index (χ0n) is 9.66. The van der Waals surface area contributed by atoms with Crippen molar-refractivity contribution in [1.82, 2.24) is 4.98 Å². The molecule has 2 aromatic rings. The van der Waals surface area contributed by atoms with Gasteiger partial charge in [-0.3, -0.25) is 0 Å². The van der Waals surface area contributed by atoms with Crippen LogP contribution in [-0.2, 0) is 0 Å². The maximum atomic E-state index is 8.79. The van der Waals surface area contributed by atoms with Crippen LogP contribution in [0.15, 0.2) is 30.3 Å². The molecular formula is C14H11ClN2. The third kappa shape index (κ3) is 2.30. The summed E-state index contributed by atoms with van der Waals surface area (Å²) in [5.74, 6) is 0. The van der Waals surface area contributed by atoms with Crippen molar-refractivity contribution < 1.29 is 0 Å². The lowest BCUT2D eigenvalue weighted by Crippen LogP contribution is -1.89. The number of pyridine rings is 1. The molecule has 0 atom stereocenters. The second-order valence-electron chi connectivity index (χ2n) is 3.95. The molecule has 0 aliphatic carbocycles. The molecule has 0 aliphatic heterocycles. The summed E-state index contributed by atoms with van der Waals surface area (Å²) < 4.78 is 0. The Balaban J connectivity index is 2.50. The van der Waals surface area contributed by atoms with E-state index in [9.17, 15) is 0 Å². The fourth-order valence-corrected chi connectivity index (χ4v) is 1.78. The van der Waals surface area contributed by atoms with Crippen LogP contribution in [0.1, 0.15) is 16.7 Å². The number of nitrogens with zero attached hydrogens (tertiary/aromatic N) is 2. The predicted octanol–water partition coefficient (Wildman–Crippen LogP) is 3.89. The maximum Gasteiger partial charge on any atom is 0.147 e. The number of halogens is 1. The van der Waals surface area contributed by atoms with Gasteiger partial charge in [-0.25, -0.2) is 4.98 Å². The van der Waals surface area contributed by atoms with Crippen molar-refractivity contribution in [2.45, 2.75) is 13.8 Å². The molecule has 17 heavy (non-hydrogen) atoms. The molecule has 0 fully saturated rings. The Morgan fingerprint density at radius 1 is 1.12 bits per heavy atom. The van der Waals surface area contributed by atoms with E-state index >= 15 is 0 Å². The summed E-state index contributed by atoms with van der Waals surface area (Å²) >= 11 is 5.92. The molecule has 0 radical (unpaired) electrons. The largest absolute Gasteiger partial charge is 0.235 e. The Kier molecular flexibility index (Phi) is 3.12. The van der Waals surface area contributed by atoms with Gasteiger partial charge < -0.3 is 0 Å².